The summed E-state index contributed by atoms with van der Waals surface area (Å²) in [4.78, 5) is 12.1. The highest BCUT2D eigenvalue weighted by atomic mass is 31.1. The molecule has 1 atom stereocenters. The van der Waals surface area contributed by atoms with Gasteiger partial charge in [0.15, 0.2) is 0 Å². The van der Waals surface area contributed by atoms with E-state index in [1.807, 2.05) is 12.1 Å². The molecule has 1 aliphatic rings. The predicted octanol–water partition coefficient (Wildman–Crippen LogP) is 5.40. The predicted molar refractivity (Wildman–Crippen MR) is 112 cm³/mol. The van der Waals surface area contributed by atoms with E-state index in [1.54, 1.807) is 14.2 Å². The summed E-state index contributed by atoms with van der Waals surface area (Å²) in [5.74, 6) is 2.66. The third-order valence-electron chi connectivity index (χ3n) is 5.62. The normalized spacial score (nSPS) is 20.8. The number of methoxy groups -OCH3 is 2. The van der Waals surface area contributed by atoms with E-state index >= 15 is 0 Å². The molecule has 1 aromatic rings. The van der Waals surface area contributed by atoms with Gasteiger partial charge in [-0.05, 0) is 48.8 Å². The molecule has 1 heterocycles. The van der Waals surface area contributed by atoms with Crippen LogP contribution in [0.5, 0.6) is 11.5 Å². The van der Waals surface area contributed by atoms with Gasteiger partial charge in [0.1, 0.15) is 17.3 Å². The molecule has 144 valence electrons. The smallest absolute Gasteiger partial charge is 0.134 e. The molecule has 0 aliphatic carbocycles. The number of hydrogen-bond acceptors (Lipinski definition) is 3. The highest BCUT2D eigenvalue weighted by Gasteiger charge is 2.40. The summed E-state index contributed by atoms with van der Waals surface area (Å²) >= 11 is 0. The summed E-state index contributed by atoms with van der Waals surface area (Å²) < 4.78 is 11.6. The van der Waals surface area contributed by atoms with E-state index < -0.39 is 7.92 Å². The first-order chi connectivity index (χ1) is 12.1. The van der Waals surface area contributed by atoms with Gasteiger partial charge in [-0.3, -0.25) is 4.79 Å². The summed E-state index contributed by atoms with van der Waals surface area (Å²) in [5.41, 5.74) is 3.80. The molecule has 1 fully saturated rings. The Morgan fingerprint density at radius 1 is 1.12 bits per heavy atom. The largest absolute Gasteiger partial charge is 0.496 e. The lowest BCUT2D eigenvalue weighted by atomic mass is 9.94. The van der Waals surface area contributed by atoms with Crippen molar-refractivity contribution in [2.75, 3.05) is 20.4 Å². The van der Waals surface area contributed by atoms with Crippen LogP contribution in [-0.4, -0.2) is 31.3 Å². The van der Waals surface area contributed by atoms with Crippen molar-refractivity contribution < 1.29 is 14.3 Å². The van der Waals surface area contributed by atoms with Crippen LogP contribution in [0.15, 0.2) is 17.7 Å². The number of ether oxygens (including phenoxy) is 2. The first kappa shape index (κ1) is 21.0. The van der Waals surface area contributed by atoms with Crippen molar-refractivity contribution in [2.24, 2.45) is 5.92 Å². The zero-order valence-electron chi connectivity index (χ0n) is 17.5. The van der Waals surface area contributed by atoms with Gasteiger partial charge >= 0.3 is 0 Å². The molecule has 1 saturated heterocycles. The van der Waals surface area contributed by atoms with E-state index in [1.165, 1.54) is 22.0 Å². The van der Waals surface area contributed by atoms with Crippen LogP contribution < -0.4 is 14.8 Å². The minimum atomic E-state index is -0.543. The molecule has 0 bridgehead atoms. The van der Waals surface area contributed by atoms with Gasteiger partial charge < -0.3 is 9.47 Å². The zero-order chi connectivity index (χ0) is 19.6. The van der Waals surface area contributed by atoms with Crippen LogP contribution in [0.4, 0.5) is 0 Å². The summed E-state index contributed by atoms with van der Waals surface area (Å²) in [6.07, 6.45) is 2.23. The minimum absolute atomic E-state index is 0.0366. The molecule has 2 rings (SSSR count). The van der Waals surface area contributed by atoms with Crippen LogP contribution in [0.2, 0.25) is 0 Å². The SMILES string of the molecule is COc1ccc(OC)c(P2CCC(=O)CC2(C)C)c1/C(C)=C(/C)C(C)C. The number of allylic oxidation sites excluding steroid dienone is 2. The Bertz CT molecular complexity index is 716. The van der Waals surface area contributed by atoms with Gasteiger partial charge in [0, 0.05) is 23.7 Å². The Hall–Kier alpha value is -1.34. The molecular formula is C22H33O3P. The Morgan fingerprint density at radius 2 is 1.69 bits per heavy atom. The molecule has 1 aromatic carbocycles. The molecule has 0 saturated carbocycles. The summed E-state index contributed by atoms with van der Waals surface area (Å²) in [6, 6.07) is 4.02. The lowest BCUT2D eigenvalue weighted by Crippen LogP contribution is -2.34. The Labute approximate surface area is 159 Å². The lowest BCUT2D eigenvalue weighted by molar-refractivity contribution is -0.119. The molecule has 0 N–H and O–H groups in total. The maximum Gasteiger partial charge on any atom is 0.134 e. The Balaban J connectivity index is 2.79. The average molecular weight is 376 g/mol. The van der Waals surface area contributed by atoms with Gasteiger partial charge in [-0.25, -0.2) is 0 Å². The van der Waals surface area contributed by atoms with Crippen LogP contribution in [-0.2, 0) is 4.79 Å². The maximum absolute atomic E-state index is 12.1. The molecule has 26 heavy (non-hydrogen) atoms. The van der Waals surface area contributed by atoms with Crippen LogP contribution in [0, 0.1) is 5.92 Å². The standard InChI is InChI=1S/C22H33O3P/c1-14(2)15(3)16(4)20-18(24-7)9-10-19(25-8)21(20)26-12-11-17(23)13-22(26,5)6/h9-10,14H,11-13H2,1-8H3/b16-15-. The lowest BCUT2D eigenvalue weighted by Gasteiger charge is -2.40. The Kier molecular flexibility index (Phi) is 6.55. The van der Waals surface area contributed by atoms with Crippen LogP contribution in [0.25, 0.3) is 5.57 Å². The second-order valence-electron chi connectivity index (χ2n) is 8.09. The number of Topliss-reactive ketones (excluding diaryl/α,β-unsaturated/α-hetero) is 1. The third kappa shape index (κ3) is 3.98. The van der Waals surface area contributed by atoms with Crippen LogP contribution in [0.3, 0.4) is 0 Å². The summed E-state index contributed by atoms with van der Waals surface area (Å²) in [7, 11) is 2.93. The summed E-state index contributed by atoms with van der Waals surface area (Å²) in [6.45, 7) is 13.3. The van der Waals surface area contributed by atoms with E-state index in [9.17, 15) is 4.79 Å². The van der Waals surface area contributed by atoms with Crippen molar-refractivity contribution in [1.29, 1.82) is 0 Å². The fourth-order valence-electron chi connectivity index (χ4n) is 3.77. The highest BCUT2D eigenvalue weighted by molar-refractivity contribution is 7.67. The Morgan fingerprint density at radius 3 is 2.19 bits per heavy atom. The molecule has 0 spiro atoms. The van der Waals surface area contributed by atoms with Crippen molar-refractivity contribution in [3.8, 4) is 11.5 Å². The molecule has 3 nitrogen and oxygen atoms in total. The number of carbonyl (C=O) groups excluding carboxylic acids is 1. The first-order valence-electron chi connectivity index (χ1n) is 9.36. The summed E-state index contributed by atoms with van der Waals surface area (Å²) in [5, 5.41) is 1.22. The topological polar surface area (TPSA) is 35.5 Å². The second kappa shape index (κ2) is 8.13. The second-order valence-corrected chi connectivity index (χ2v) is 11.0. The van der Waals surface area contributed by atoms with E-state index in [4.69, 9.17) is 9.47 Å². The van der Waals surface area contributed by atoms with Gasteiger partial charge in [-0.15, -0.1) is 0 Å². The van der Waals surface area contributed by atoms with E-state index in [0.717, 1.165) is 17.7 Å². The number of rotatable bonds is 5. The van der Waals surface area contributed by atoms with Gasteiger partial charge in [0.05, 0.1) is 14.2 Å². The van der Waals surface area contributed by atoms with Crippen LogP contribution in [0.1, 0.15) is 59.9 Å². The quantitative estimate of drug-likeness (QED) is 0.645. The monoisotopic (exact) mass is 376 g/mol. The highest BCUT2D eigenvalue weighted by Crippen LogP contribution is 2.57. The van der Waals surface area contributed by atoms with Gasteiger partial charge in [-0.1, -0.05) is 41.2 Å². The van der Waals surface area contributed by atoms with Crippen molar-refractivity contribution in [3.63, 3.8) is 0 Å². The number of carbonyl (C=O) groups is 1. The van der Waals surface area contributed by atoms with E-state index in [0.29, 0.717) is 24.5 Å². The molecule has 0 aromatic heterocycles. The van der Waals surface area contributed by atoms with Crippen molar-refractivity contribution in [3.05, 3.63) is 23.3 Å². The van der Waals surface area contributed by atoms with E-state index in [2.05, 4.69) is 41.5 Å². The molecule has 1 aliphatic heterocycles. The average Bonchev–Trinajstić information content (AvgIpc) is 2.58. The van der Waals surface area contributed by atoms with Crippen molar-refractivity contribution >= 4 is 24.6 Å². The van der Waals surface area contributed by atoms with Gasteiger partial charge in [0.25, 0.3) is 0 Å². The molecular weight excluding hydrogens is 343 g/mol. The molecule has 1 unspecified atom stereocenters. The molecule has 0 radical (unpaired) electrons. The maximum atomic E-state index is 12.1. The number of hydrogen-bond donors (Lipinski definition) is 0. The first-order valence-corrected chi connectivity index (χ1v) is 10.9. The van der Waals surface area contributed by atoms with Crippen molar-refractivity contribution in [2.45, 2.75) is 59.5 Å². The fourth-order valence-corrected chi connectivity index (χ4v) is 7.02. The number of ketones is 1. The number of benzene rings is 1. The van der Waals surface area contributed by atoms with Crippen LogP contribution >= 0.6 is 7.92 Å². The van der Waals surface area contributed by atoms with Crippen molar-refractivity contribution in [1.82, 2.24) is 0 Å². The van der Waals surface area contributed by atoms with E-state index in [-0.39, 0.29) is 5.16 Å². The van der Waals surface area contributed by atoms with Gasteiger partial charge in [0.2, 0.25) is 0 Å². The zero-order valence-corrected chi connectivity index (χ0v) is 18.4. The third-order valence-corrected chi connectivity index (χ3v) is 8.89. The molecule has 0 amide bonds. The fraction of sp³-hybridized carbons (Fsp3) is 0.591. The molecule has 4 heteroatoms. The van der Waals surface area contributed by atoms with Gasteiger partial charge in [-0.2, -0.15) is 0 Å². The minimum Gasteiger partial charge on any atom is -0.496 e.